The number of nitrogens with zero attached hydrogens (tertiary/aromatic N) is 3. The van der Waals surface area contributed by atoms with Gasteiger partial charge in [0.2, 0.25) is 0 Å². The molecule has 4 nitrogen and oxygen atoms in total. The third-order valence-corrected chi connectivity index (χ3v) is 5.47. The van der Waals surface area contributed by atoms with Gasteiger partial charge >= 0.3 is 0 Å². The van der Waals surface area contributed by atoms with Gasteiger partial charge in [-0.25, -0.2) is 0 Å². The van der Waals surface area contributed by atoms with Crippen molar-refractivity contribution in [3.05, 3.63) is 53.6 Å². The highest BCUT2D eigenvalue weighted by Gasteiger charge is 2.27. The number of hydrogen-bond acceptors (Lipinski definition) is 3. The first-order valence-corrected chi connectivity index (χ1v) is 10.8. The number of fused-ring (bicyclic) bond motifs is 1. The van der Waals surface area contributed by atoms with Crippen molar-refractivity contribution < 1.29 is 5.11 Å². The SMILES string of the molecule is CC(C)(C)CC(C)(C)c1ccc(CCCCCn2nc3ccccc3n2)c(O)c1. The van der Waals surface area contributed by atoms with Crippen LogP contribution >= 0.6 is 0 Å². The zero-order valence-electron chi connectivity index (χ0n) is 18.6. The summed E-state index contributed by atoms with van der Waals surface area (Å²) in [6, 6.07) is 14.2. The van der Waals surface area contributed by atoms with Crippen LogP contribution in [0.25, 0.3) is 11.0 Å². The van der Waals surface area contributed by atoms with Gasteiger partial charge in [-0.05, 0) is 65.8 Å². The van der Waals surface area contributed by atoms with Gasteiger partial charge in [-0.15, -0.1) is 0 Å². The average Bonchev–Trinajstić information content (AvgIpc) is 3.03. The topological polar surface area (TPSA) is 50.9 Å². The maximum Gasteiger partial charge on any atom is 0.119 e. The van der Waals surface area contributed by atoms with Crippen molar-refractivity contribution in [3.63, 3.8) is 0 Å². The molecule has 1 heterocycles. The van der Waals surface area contributed by atoms with E-state index in [1.165, 1.54) is 5.56 Å². The maximum absolute atomic E-state index is 10.5. The summed E-state index contributed by atoms with van der Waals surface area (Å²) in [4.78, 5) is 1.80. The van der Waals surface area contributed by atoms with E-state index in [0.29, 0.717) is 5.75 Å². The summed E-state index contributed by atoms with van der Waals surface area (Å²) in [5, 5.41) is 19.6. The van der Waals surface area contributed by atoms with Crippen molar-refractivity contribution in [2.24, 2.45) is 5.41 Å². The van der Waals surface area contributed by atoms with Crippen LogP contribution in [0.2, 0.25) is 0 Å². The van der Waals surface area contributed by atoms with E-state index in [9.17, 15) is 5.11 Å². The van der Waals surface area contributed by atoms with Crippen molar-refractivity contribution in [1.29, 1.82) is 0 Å². The fraction of sp³-hybridized carbons (Fsp3) is 0.520. The number of aryl methyl sites for hydroxylation is 2. The van der Waals surface area contributed by atoms with Gasteiger partial charge < -0.3 is 5.11 Å². The highest BCUT2D eigenvalue weighted by molar-refractivity contribution is 5.72. The van der Waals surface area contributed by atoms with Gasteiger partial charge in [-0.3, -0.25) is 0 Å². The number of rotatable bonds is 8. The first kappa shape index (κ1) is 21.4. The van der Waals surface area contributed by atoms with E-state index in [1.807, 2.05) is 30.3 Å². The molecule has 1 N–H and O–H groups in total. The number of hydrogen-bond donors (Lipinski definition) is 1. The molecule has 0 fully saturated rings. The summed E-state index contributed by atoms with van der Waals surface area (Å²) in [5.41, 5.74) is 4.47. The summed E-state index contributed by atoms with van der Waals surface area (Å²) < 4.78 is 0. The predicted octanol–water partition coefficient (Wildman–Crippen LogP) is 6.26. The van der Waals surface area contributed by atoms with Crippen LogP contribution < -0.4 is 0 Å². The van der Waals surface area contributed by atoms with E-state index >= 15 is 0 Å². The van der Waals surface area contributed by atoms with Crippen LogP contribution in [0.15, 0.2) is 42.5 Å². The fourth-order valence-electron chi connectivity index (χ4n) is 4.37. The zero-order chi connectivity index (χ0) is 21.1. The van der Waals surface area contributed by atoms with E-state index < -0.39 is 0 Å². The highest BCUT2D eigenvalue weighted by Crippen LogP contribution is 2.38. The predicted molar refractivity (Wildman–Crippen MR) is 120 cm³/mol. The average molecular weight is 394 g/mol. The molecule has 2 aromatic carbocycles. The minimum Gasteiger partial charge on any atom is -0.508 e. The Kier molecular flexibility index (Phi) is 6.30. The van der Waals surface area contributed by atoms with Crippen molar-refractivity contribution >= 4 is 11.0 Å². The second-order valence-corrected chi connectivity index (χ2v) is 10.1. The minimum absolute atomic E-state index is 0.0502. The van der Waals surface area contributed by atoms with E-state index in [0.717, 1.165) is 55.2 Å². The standard InChI is InChI=1S/C25H35N3O/c1-24(2,3)18-25(4,5)20-15-14-19(23(29)17-20)11-7-6-10-16-28-26-21-12-8-9-13-22(21)27-28/h8-9,12-15,17,29H,6-7,10-11,16,18H2,1-5H3. The van der Waals surface area contributed by atoms with Crippen molar-refractivity contribution in [2.75, 3.05) is 0 Å². The highest BCUT2D eigenvalue weighted by atomic mass is 16.3. The lowest BCUT2D eigenvalue weighted by Gasteiger charge is -2.33. The maximum atomic E-state index is 10.5. The molecule has 0 radical (unpaired) electrons. The van der Waals surface area contributed by atoms with Crippen LogP contribution in [0.3, 0.4) is 0 Å². The second kappa shape index (κ2) is 8.56. The molecule has 0 bridgehead atoms. The van der Waals surface area contributed by atoms with Gasteiger partial charge in [0, 0.05) is 0 Å². The Balaban J connectivity index is 1.49. The molecule has 0 saturated carbocycles. The molecular formula is C25H35N3O. The van der Waals surface area contributed by atoms with Gasteiger partial charge in [-0.2, -0.15) is 15.0 Å². The summed E-state index contributed by atoms with van der Waals surface area (Å²) in [6.45, 7) is 12.2. The minimum atomic E-state index is 0.0502. The number of phenols is 1. The van der Waals surface area contributed by atoms with Gasteiger partial charge in [0.05, 0.1) is 6.54 Å². The van der Waals surface area contributed by atoms with Crippen LogP contribution in [0.1, 0.15) is 71.4 Å². The Morgan fingerprint density at radius 1 is 0.862 bits per heavy atom. The van der Waals surface area contributed by atoms with E-state index in [1.54, 1.807) is 4.80 Å². The normalized spacial score (nSPS) is 12.6. The number of aromatic nitrogens is 3. The van der Waals surface area contributed by atoms with E-state index in [2.05, 4.69) is 56.9 Å². The molecule has 156 valence electrons. The van der Waals surface area contributed by atoms with E-state index in [4.69, 9.17) is 0 Å². The van der Waals surface area contributed by atoms with Crippen molar-refractivity contribution in [3.8, 4) is 5.75 Å². The van der Waals surface area contributed by atoms with Crippen LogP contribution in [0.4, 0.5) is 0 Å². The molecule has 0 aliphatic carbocycles. The Morgan fingerprint density at radius 2 is 1.52 bits per heavy atom. The molecule has 3 aromatic rings. The first-order chi connectivity index (χ1) is 13.6. The van der Waals surface area contributed by atoms with Gasteiger partial charge in [0.25, 0.3) is 0 Å². The molecule has 0 aliphatic rings. The number of unbranched alkanes of at least 4 members (excludes halogenated alkanes) is 2. The molecule has 0 amide bonds. The Morgan fingerprint density at radius 3 is 2.10 bits per heavy atom. The summed E-state index contributed by atoms with van der Waals surface area (Å²) in [6.07, 6.45) is 5.17. The van der Waals surface area contributed by atoms with Crippen LogP contribution in [0, 0.1) is 5.41 Å². The van der Waals surface area contributed by atoms with Crippen LogP contribution in [-0.4, -0.2) is 20.1 Å². The Labute approximate surface area is 175 Å². The molecule has 4 heteroatoms. The van der Waals surface area contributed by atoms with Crippen molar-refractivity contribution in [2.45, 2.75) is 78.7 Å². The smallest absolute Gasteiger partial charge is 0.119 e. The second-order valence-electron chi connectivity index (χ2n) is 10.1. The lowest BCUT2D eigenvalue weighted by atomic mass is 9.72. The first-order valence-electron chi connectivity index (χ1n) is 10.8. The number of phenolic OH excluding ortho intramolecular Hbond substituents is 1. The fourth-order valence-corrected chi connectivity index (χ4v) is 4.37. The summed E-state index contributed by atoms with van der Waals surface area (Å²) in [5.74, 6) is 0.435. The Bertz CT molecular complexity index is 917. The third-order valence-electron chi connectivity index (χ3n) is 5.47. The zero-order valence-corrected chi connectivity index (χ0v) is 18.6. The quantitative estimate of drug-likeness (QED) is 0.459. The van der Waals surface area contributed by atoms with Gasteiger partial charge in [-0.1, -0.05) is 65.3 Å². The lowest BCUT2D eigenvalue weighted by molar-refractivity contribution is 0.283. The number of aromatic hydroxyl groups is 1. The molecule has 3 rings (SSSR count). The molecule has 0 spiro atoms. The molecule has 0 unspecified atom stereocenters. The van der Waals surface area contributed by atoms with Crippen molar-refractivity contribution in [1.82, 2.24) is 15.0 Å². The molecule has 1 aromatic heterocycles. The van der Waals surface area contributed by atoms with E-state index in [-0.39, 0.29) is 10.8 Å². The number of benzene rings is 2. The molecule has 0 aliphatic heterocycles. The summed E-state index contributed by atoms with van der Waals surface area (Å²) in [7, 11) is 0. The third kappa shape index (κ3) is 5.81. The summed E-state index contributed by atoms with van der Waals surface area (Å²) >= 11 is 0. The van der Waals surface area contributed by atoms with Gasteiger partial charge in [0.1, 0.15) is 16.8 Å². The van der Waals surface area contributed by atoms with Crippen LogP contribution in [0.5, 0.6) is 5.75 Å². The molecule has 0 atom stereocenters. The van der Waals surface area contributed by atoms with Gasteiger partial charge in [0.15, 0.2) is 0 Å². The monoisotopic (exact) mass is 393 g/mol. The lowest BCUT2D eigenvalue weighted by Crippen LogP contribution is -2.24. The molecular weight excluding hydrogens is 358 g/mol. The van der Waals surface area contributed by atoms with Crippen LogP contribution in [-0.2, 0) is 18.4 Å². The molecule has 29 heavy (non-hydrogen) atoms. The molecule has 0 saturated heterocycles. The Hall–Kier alpha value is -2.36. The largest absolute Gasteiger partial charge is 0.508 e.